The third kappa shape index (κ3) is 6.57. The molecule has 0 unspecified atom stereocenters. The third-order valence-electron chi connectivity index (χ3n) is 4.41. The van der Waals surface area contributed by atoms with Gasteiger partial charge in [-0.2, -0.15) is 5.26 Å². The van der Waals surface area contributed by atoms with E-state index in [4.69, 9.17) is 4.74 Å². The van der Waals surface area contributed by atoms with Crippen LogP contribution in [0.3, 0.4) is 0 Å². The SMILES string of the molecule is C=C(O)CCC/C=C(C)\C(=C/C)c1nnc(-c2ccc(OCC(C)C)c(C#N)c2)s1. The maximum atomic E-state index is 9.50. The van der Waals surface area contributed by atoms with Crippen LogP contribution in [0.2, 0.25) is 0 Å². The van der Waals surface area contributed by atoms with Crippen LogP contribution < -0.4 is 4.74 Å². The van der Waals surface area contributed by atoms with Gasteiger partial charge in [0.1, 0.15) is 21.8 Å². The molecular formula is C24H29N3O2S. The van der Waals surface area contributed by atoms with Crippen molar-refractivity contribution in [2.45, 2.75) is 47.0 Å². The molecule has 2 rings (SSSR count). The fourth-order valence-corrected chi connectivity index (χ4v) is 3.82. The van der Waals surface area contributed by atoms with Crippen LogP contribution in [0, 0.1) is 17.2 Å². The molecule has 0 radical (unpaired) electrons. The van der Waals surface area contributed by atoms with Gasteiger partial charge in [-0.15, -0.1) is 10.2 Å². The van der Waals surface area contributed by atoms with Crippen molar-refractivity contribution in [3.8, 4) is 22.4 Å². The molecule has 0 amide bonds. The van der Waals surface area contributed by atoms with E-state index in [1.165, 1.54) is 11.3 Å². The lowest BCUT2D eigenvalue weighted by Crippen LogP contribution is -2.05. The molecule has 0 spiro atoms. The second-order valence-corrected chi connectivity index (χ2v) is 8.47. The summed E-state index contributed by atoms with van der Waals surface area (Å²) in [6.45, 7) is 12.3. The van der Waals surface area contributed by atoms with Gasteiger partial charge in [-0.3, -0.25) is 0 Å². The summed E-state index contributed by atoms with van der Waals surface area (Å²) >= 11 is 1.50. The number of nitriles is 1. The molecular weight excluding hydrogens is 394 g/mol. The maximum Gasteiger partial charge on any atom is 0.148 e. The van der Waals surface area contributed by atoms with E-state index in [0.717, 1.165) is 39.6 Å². The van der Waals surface area contributed by atoms with Crippen LogP contribution in [0.25, 0.3) is 16.1 Å². The monoisotopic (exact) mass is 423 g/mol. The predicted octanol–water partition coefficient (Wildman–Crippen LogP) is 6.70. The molecule has 6 heteroatoms. The summed E-state index contributed by atoms with van der Waals surface area (Å²) in [6, 6.07) is 7.76. The second kappa shape index (κ2) is 11.3. The van der Waals surface area contributed by atoms with Gasteiger partial charge in [-0.1, -0.05) is 43.9 Å². The van der Waals surface area contributed by atoms with Crippen LogP contribution in [0.5, 0.6) is 5.75 Å². The first-order chi connectivity index (χ1) is 14.3. The first kappa shape index (κ1) is 23.4. The quantitative estimate of drug-likeness (QED) is 0.261. The summed E-state index contributed by atoms with van der Waals surface area (Å²) in [5, 5.41) is 29.0. The highest BCUT2D eigenvalue weighted by molar-refractivity contribution is 7.15. The molecule has 1 heterocycles. The number of rotatable bonds is 10. The molecule has 0 fully saturated rings. The van der Waals surface area contributed by atoms with Gasteiger partial charge < -0.3 is 9.84 Å². The van der Waals surface area contributed by atoms with E-state index in [9.17, 15) is 10.4 Å². The largest absolute Gasteiger partial charge is 0.513 e. The normalized spacial score (nSPS) is 12.1. The number of aromatic nitrogens is 2. The Kier molecular flexibility index (Phi) is 8.82. The zero-order valence-electron chi connectivity index (χ0n) is 18.1. The molecule has 0 saturated heterocycles. The minimum absolute atomic E-state index is 0.221. The molecule has 0 aliphatic carbocycles. The summed E-state index contributed by atoms with van der Waals surface area (Å²) in [6.07, 6.45) is 6.50. The van der Waals surface area contributed by atoms with Crippen molar-refractivity contribution < 1.29 is 9.84 Å². The Morgan fingerprint density at radius 1 is 1.37 bits per heavy atom. The van der Waals surface area contributed by atoms with E-state index in [2.05, 4.69) is 49.7 Å². The average molecular weight is 424 g/mol. The van der Waals surface area contributed by atoms with E-state index in [0.29, 0.717) is 30.3 Å². The summed E-state index contributed by atoms with van der Waals surface area (Å²) < 4.78 is 5.74. The number of allylic oxidation sites excluding steroid dienone is 5. The van der Waals surface area contributed by atoms with E-state index >= 15 is 0 Å². The highest BCUT2D eigenvalue weighted by Gasteiger charge is 2.14. The molecule has 0 aliphatic rings. The Hall–Kier alpha value is -2.91. The summed E-state index contributed by atoms with van der Waals surface area (Å²) in [4.78, 5) is 0. The predicted molar refractivity (Wildman–Crippen MR) is 123 cm³/mol. The summed E-state index contributed by atoms with van der Waals surface area (Å²) in [5.41, 5.74) is 3.52. The van der Waals surface area contributed by atoms with Crippen LogP contribution in [0.4, 0.5) is 0 Å². The number of ether oxygens (including phenoxy) is 1. The molecule has 1 aromatic carbocycles. The van der Waals surface area contributed by atoms with Crippen LogP contribution in [0.1, 0.15) is 57.5 Å². The fourth-order valence-electron chi connectivity index (χ4n) is 2.84. The van der Waals surface area contributed by atoms with Crippen molar-refractivity contribution in [1.29, 1.82) is 5.26 Å². The smallest absolute Gasteiger partial charge is 0.148 e. The van der Waals surface area contributed by atoms with Gasteiger partial charge >= 0.3 is 0 Å². The number of aliphatic hydroxyl groups excluding tert-OH is 1. The highest BCUT2D eigenvalue weighted by Crippen LogP contribution is 2.33. The van der Waals surface area contributed by atoms with Crippen LogP contribution in [0.15, 0.2) is 48.3 Å². The number of unbranched alkanes of at least 4 members (excludes halogenated alkanes) is 1. The standard InChI is InChI=1S/C24H29N3O2S/c1-6-21(17(4)9-7-8-10-18(5)28)24-27-26-23(30-24)19-11-12-22(20(13-19)14-25)29-15-16(2)3/h6,9,11-13,16,28H,5,7-8,10,15H2,1-4H3/b17-9-,21-6+. The van der Waals surface area contributed by atoms with Crippen molar-refractivity contribution in [1.82, 2.24) is 10.2 Å². The second-order valence-electron chi connectivity index (χ2n) is 7.49. The summed E-state index contributed by atoms with van der Waals surface area (Å²) in [7, 11) is 0. The lowest BCUT2D eigenvalue weighted by atomic mass is 10.1. The summed E-state index contributed by atoms with van der Waals surface area (Å²) in [5.74, 6) is 1.21. The number of nitrogens with zero attached hydrogens (tertiary/aromatic N) is 3. The number of hydrogen-bond acceptors (Lipinski definition) is 6. The molecule has 0 atom stereocenters. The Bertz CT molecular complexity index is 981. The van der Waals surface area contributed by atoms with Gasteiger partial charge in [0.05, 0.1) is 17.9 Å². The van der Waals surface area contributed by atoms with E-state index in [-0.39, 0.29) is 5.76 Å². The van der Waals surface area contributed by atoms with E-state index in [1.807, 2.05) is 25.1 Å². The molecule has 2 aromatic rings. The van der Waals surface area contributed by atoms with E-state index < -0.39 is 0 Å². The molecule has 0 saturated carbocycles. The Morgan fingerprint density at radius 3 is 2.77 bits per heavy atom. The van der Waals surface area contributed by atoms with Gasteiger partial charge in [0, 0.05) is 17.6 Å². The van der Waals surface area contributed by atoms with Gasteiger partial charge in [-0.25, -0.2) is 0 Å². The third-order valence-corrected chi connectivity index (χ3v) is 5.41. The van der Waals surface area contributed by atoms with Crippen molar-refractivity contribution in [2.24, 2.45) is 5.92 Å². The van der Waals surface area contributed by atoms with Gasteiger partial charge in [0.2, 0.25) is 0 Å². The number of aliphatic hydroxyl groups is 1. The molecule has 1 aromatic heterocycles. The fraction of sp³-hybridized carbons (Fsp3) is 0.375. The number of benzene rings is 1. The molecule has 0 bridgehead atoms. The van der Waals surface area contributed by atoms with Crippen LogP contribution in [-0.2, 0) is 0 Å². The van der Waals surface area contributed by atoms with Crippen molar-refractivity contribution in [3.63, 3.8) is 0 Å². The average Bonchev–Trinajstić information content (AvgIpc) is 3.19. The van der Waals surface area contributed by atoms with Crippen molar-refractivity contribution in [2.75, 3.05) is 6.61 Å². The molecule has 5 nitrogen and oxygen atoms in total. The number of hydrogen-bond donors (Lipinski definition) is 1. The molecule has 30 heavy (non-hydrogen) atoms. The van der Waals surface area contributed by atoms with Crippen molar-refractivity contribution in [3.05, 3.63) is 58.8 Å². The lowest BCUT2D eigenvalue weighted by molar-refractivity contribution is 0.270. The lowest BCUT2D eigenvalue weighted by Gasteiger charge is -2.10. The molecule has 158 valence electrons. The minimum Gasteiger partial charge on any atom is -0.513 e. The molecule has 0 aliphatic heterocycles. The Labute approximate surface area is 183 Å². The van der Waals surface area contributed by atoms with Gasteiger partial charge in [0.15, 0.2) is 0 Å². The first-order valence-corrected chi connectivity index (χ1v) is 10.9. The topological polar surface area (TPSA) is 79.0 Å². The Morgan fingerprint density at radius 2 is 2.13 bits per heavy atom. The maximum absolute atomic E-state index is 9.50. The van der Waals surface area contributed by atoms with Gasteiger partial charge in [0.25, 0.3) is 0 Å². The highest BCUT2D eigenvalue weighted by atomic mass is 32.1. The first-order valence-electron chi connectivity index (χ1n) is 10.1. The zero-order valence-corrected chi connectivity index (χ0v) is 18.9. The van der Waals surface area contributed by atoms with Gasteiger partial charge in [-0.05, 0) is 56.4 Å². The Balaban J connectivity index is 2.19. The van der Waals surface area contributed by atoms with Crippen LogP contribution in [-0.4, -0.2) is 21.9 Å². The van der Waals surface area contributed by atoms with Crippen LogP contribution >= 0.6 is 11.3 Å². The van der Waals surface area contributed by atoms with Crippen molar-refractivity contribution >= 4 is 16.9 Å². The minimum atomic E-state index is 0.221. The molecule has 1 N–H and O–H groups in total. The zero-order chi connectivity index (χ0) is 22.1. The van der Waals surface area contributed by atoms with E-state index in [1.54, 1.807) is 6.07 Å².